The fraction of sp³-hybridized carbons (Fsp3) is 0.286. The third-order valence-corrected chi connectivity index (χ3v) is 6.87. The lowest BCUT2D eigenvalue weighted by molar-refractivity contribution is 0.0940. The number of halogens is 1. The summed E-state index contributed by atoms with van der Waals surface area (Å²) < 4.78 is 40.9. The zero-order chi connectivity index (χ0) is 22.8. The average molecular weight is 446 g/mol. The van der Waals surface area contributed by atoms with Crippen molar-refractivity contribution in [3.05, 3.63) is 71.6 Å². The molecule has 0 saturated carbocycles. The molecule has 2 aromatic carbocycles. The van der Waals surface area contributed by atoms with Crippen LogP contribution in [0.3, 0.4) is 0 Å². The second kappa shape index (κ2) is 8.94. The maximum atomic E-state index is 13.1. The Morgan fingerprint density at radius 3 is 2.32 bits per heavy atom. The topological polar surface area (TPSA) is 97.2 Å². The molecule has 0 radical (unpaired) electrons. The second-order valence-electron chi connectivity index (χ2n) is 7.31. The lowest BCUT2D eigenvalue weighted by Crippen LogP contribution is -2.33. The Morgan fingerprint density at radius 1 is 1.13 bits per heavy atom. The lowest BCUT2D eigenvalue weighted by atomic mass is 10.2. The highest BCUT2D eigenvalue weighted by molar-refractivity contribution is 7.89. The summed E-state index contributed by atoms with van der Waals surface area (Å²) in [5, 5.41) is 6.91. The van der Waals surface area contributed by atoms with Gasteiger partial charge in [0.1, 0.15) is 11.6 Å². The summed E-state index contributed by atoms with van der Waals surface area (Å²) in [7, 11) is -2.02. The Labute approximate surface area is 180 Å². The molecule has 0 aliphatic carbocycles. The van der Waals surface area contributed by atoms with E-state index in [4.69, 9.17) is 0 Å². The molecular formula is C21H24FN5O3S. The van der Waals surface area contributed by atoms with Gasteiger partial charge in [0.05, 0.1) is 10.6 Å². The third kappa shape index (κ3) is 4.97. The van der Waals surface area contributed by atoms with Gasteiger partial charge in [0.25, 0.3) is 5.91 Å². The Hall–Kier alpha value is -3.11. The summed E-state index contributed by atoms with van der Waals surface area (Å²) in [6.45, 7) is 5.48. The van der Waals surface area contributed by atoms with Crippen molar-refractivity contribution in [2.24, 2.45) is 0 Å². The molecule has 10 heteroatoms. The van der Waals surface area contributed by atoms with Gasteiger partial charge in [0, 0.05) is 19.6 Å². The first-order valence-corrected chi connectivity index (χ1v) is 11.1. The Kier molecular flexibility index (Phi) is 6.51. The molecule has 1 aromatic heterocycles. The largest absolute Gasteiger partial charge is 0.345 e. The van der Waals surface area contributed by atoms with Gasteiger partial charge in [-0.1, -0.05) is 12.1 Å². The minimum Gasteiger partial charge on any atom is -0.345 e. The molecule has 8 nitrogen and oxygen atoms in total. The number of benzene rings is 2. The summed E-state index contributed by atoms with van der Waals surface area (Å²) >= 11 is 0. The van der Waals surface area contributed by atoms with E-state index in [2.05, 4.69) is 15.4 Å². The second-order valence-corrected chi connectivity index (χ2v) is 9.31. The Bertz CT molecular complexity index is 1170. The number of aryl methyl sites for hydroxylation is 1. The van der Waals surface area contributed by atoms with Gasteiger partial charge < -0.3 is 5.32 Å². The lowest BCUT2D eigenvalue weighted by Gasteiger charge is -2.21. The van der Waals surface area contributed by atoms with Gasteiger partial charge in [0.15, 0.2) is 0 Å². The predicted octanol–water partition coefficient (Wildman–Crippen LogP) is 2.67. The van der Waals surface area contributed by atoms with E-state index in [1.54, 1.807) is 45.0 Å². The minimum atomic E-state index is -3.56. The highest BCUT2D eigenvalue weighted by Crippen LogP contribution is 2.17. The number of carbonyl (C=O) groups excluding carboxylic acids is 1. The molecule has 3 rings (SSSR count). The number of aromatic nitrogens is 3. The average Bonchev–Trinajstić information content (AvgIpc) is 3.14. The number of rotatable bonds is 7. The molecule has 0 aliphatic heterocycles. The van der Waals surface area contributed by atoms with E-state index in [1.807, 2.05) is 0 Å². The number of hydrogen-bond donors (Lipinski definition) is 1. The zero-order valence-electron chi connectivity index (χ0n) is 17.7. The molecule has 0 atom stereocenters. The molecule has 31 heavy (non-hydrogen) atoms. The maximum Gasteiger partial charge on any atom is 0.291 e. The highest BCUT2D eigenvalue weighted by Gasteiger charge is 2.23. The number of nitrogens with one attached hydrogen (secondary N) is 1. The standard InChI is InChI=1S/C21H24FN5O3S/c1-14(2)26(4)31(29,30)19-11-5-16(6-12-19)13-23-21(28)20-24-15(3)27(25-20)18-9-7-17(22)8-10-18/h5-12,14H,13H2,1-4H3,(H,23,28). The Balaban J connectivity index is 1.67. The van der Waals surface area contributed by atoms with Crippen molar-refractivity contribution in [3.63, 3.8) is 0 Å². The van der Waals surface area contributed by atoms with E-state index >= 15 is 0 Å². The van der Waals surface area contributed by atoms with Crippen LogP contribution in [0.4, 0.5) is 4.39 Å². The van der Waals surface area contributed by atoms with Crippen LogP contribution in [0.15, 0.2) is 53.4 Å². The number of nitrogens with zero attached hydrogens (tertiary/aromatic N) is 4. The van der Waals surface area contributed by atoms with Gasteiger partial charge >= 0.3 is 0 Å². The van der Waals surface area contributed by atoms with Crippen molar-refractivity contribution in [2.75, 3.05) is 7.05 Å². The first-order chi connectivity index (χ1) is 14.6. The molecule has 1 amide bonds. The zero-order valence-corrected chi connectivity index (χ0v) is 18.5. The summed E-state index contributed by atoms with van der Waals surface area (Å²) in [5.41, 5.74) is 1.32. The summed E-state index contributed by atoms with van der Waals surface area (Å²) in [6.07, 6.45) is 0. The van der Waals surface area contributed by atoms with Crippen molar-refractivity contribution in [1.82, 2.24) is 24.4 Å². The van der Waals surface area contributed by atoms with Crippen LogP contribution in [-0.4, -0.2) is 46.5 Å². The van der Waals surface area contributed by atoms with Gasteiger partial charge in [-0.3, -0.25) is 4.79 Å². The van der Waals surface area contributed by atoms with Gasteiger partial charge in [-0.15, -0.1) is 5.10 Å². The van der Waals surface area contributed by atoms with Crippen molar-refractivity contribution in [3.8, 4) is 5.69 Å². The van der Waals surface area contributed by atoms with Crippen molar-refractivity contribution < 1.29 is 17.6 Å². The van der Waals surface area contributed by atoms with Gasteiger partial charge in [-0.2, -0.15) is 4.31 Å². The van der Waals surface area contributed by atoms with Crippen LogP contribution in [-0.2, 0) is 16.6 Å². The van der Waals surface area contributed by atoms with Gasteiger partial charge in [-0.05, 0) is 62.7 Å². The molecule has 1 N–H and O–H groups in total. The van der Waals surface area contributed by atoms with Crippen LogP contribution in [0, 0.1) is 12.7 Å². The van der Waals surface area contributed by atoms with Crippen LogP contribution in [0.5, 0.6) is 0 Å². The quantitative estimate of drug-likeness (QED) is 0.603. The van der Waals surface area contributed by atoms with Gasteiger partial charge in [0.2, 0.25) is 15.8 Å². The van der Waals surface area contributed by atoms with E-state index in [0.29, 0.717) is 11.5 Å². The monoisotopic (exact) mass is 445 g/mol. The fourth-order valence-electron chi connectivity index (χ4n) is 2.80. The van der Waals surface area contributed by atoms with Crippen molar-refractivity contribution in [2.45, 2.75) is 38.3 Å². The van der Waals surface area contributed by atoms with Crippen LogP contribution in [0.25, 0.3) is 5.69 Å². The summed E-state index contributed by atoms with van der Waals surface area (Å²) in [6, 6.07) is 11.9. The number of hydrogen-bond acceptors (Lipinski definition) is 5. The number of sulfonamides is 1. The molecule has 0 spiro atoms. The van der Waals surface area contributed by atoms with E-state index in [9.17, 15) is 17.6 Å². The van der Waals surface area contributed by atoms with Crippen LogP contribution in [0.1, 0.15) is 35.9 Å². The van der Waals surface area contributed by atoms with Crippen molar-refractivity contribution in [1.29, 1.82) is 0 Å². The highest BCUT2D eigenvalue weighted by atomic mass is 32.2. The smallest absolute Gasteiger partial charge is 0.291 e. The first kappa shape index (κ1) is 22.6. The molecule has 0 bridgehead atoms. The van der Waals surface area contributed by atoms with Crippen molar-refractivity contribution >= 4 is 15.9 Å². The molecule has 0 fully saturated rings. The molecular weight excluding hydrogens is 421 g/mol. The van der Waals surface area contributed by atoms with Crippen LogP contribution in [0.2, 0.25) is 0 Å². The minimum absolute atomic E-state index is 0.0143. The maximum absolute atomic E-state index is 13.1. The molecule has 1 heterocycles. The molecule has 0 saturated heterocycles. The Morgan fingerprint density at radius 2 is 1.74 bits per heavy atom. The molecule has 164 valence electrons. The SMILES string of the molecule is Cc1nc(C(=O)NCc2ccc(S(=O)(=O)N(C)C(C)C)cc2)nn1-c1ccc(F)cc1. The first-order valence-electron chi connectivity index (χ1n) is 9.64. The van der Waals surface area contributed by atoms with Crippen LogP contribution < -0.4 is 5.32 Å². The third-order valence-electron chi connectivity index (χ3n) is 4.82. The van der Waals surface area contributed by atoms with Crippen LogP contribution >= 0.6 is 0 Å². The molecule has 0 unspecified atom stereocenters. The van der Waals surface area contributed by atoms with E-state index < -0.39 is 15.9 Å². The molecule has 3 aromatic rings. The molecule has 0 aliphatic rings. The predicted molar refractivity (Wildman–Crippen MR) is 114 cm³/mol. The fourth-order valence-corrected chi connectivity index (χ4v) is 4.17. The van der Waals surface area contributed by atoms with E-state index in [-0.39, 0.29) is 29.1 Å². The van der Waals surface area contributed by atoms with E-state index in [0.717, 1.165) is 5.56 Å². The van der Waals surface area contributed by atoms with E-state index in [1.165, 1.54) is 40.3 Å². The van der Waals surface area contributed by atoms with Gasteiger partial charge in [-0.25, -0.2) is 22.5 Å². The summed E-state index contributed by atoms with van der Waals surface area (Å²) in [4.78, 5) is 16.8. The normalized spacial score (nSPS) is 11.8. The number of carbonyl (C=O) groups is 1. The number of amides is 1. The summed E-state index contributed by atoms with van der Waals surface area (Å²) in [5.74, 6) is -0.366.